The lowest BCUT2D eigenvalue weighted by Crippen LogP contribution is -2.31. The van der Waals surface area contributed by atoms with E-state index in [2.05, 4.69) is 14.8 Å². The SMILES string of the molecule is COC(=O)c1cccc(NC(=O)c2ccc(S(=O)(=O)NC[C@@H]3CCCO3)cc2)c1. The van der Waals surface area contributed by atoms with Crippen molar-refractivity contribution < 1.29 is 27.5 Å². The zero-order valence-corrected chi connectivity index (χ0v) is 16.7. The molecule has 1 aliphatic rings. The summed E-state index contributed by atoms with van der Waals surface area (Å²) in [6.45, 7) is 0.875. The van der Waals surface area contributed by atoms with Gasteiger partial charge in [-0.3, -0.25) is 4.79 Å². The van der Waals surface area contributed by atoms with E-state index >= 15 is 0 Å². The number of carbonyl (C=O) groups excluding carboxylic acids is 2. The highest BCUT2D eigenvalue weighted by atomic mass is 32.2. The van der Waals surface area contributed by atoms with E-state index in [0.29, 0.717) is 17.9 Å². The van der Waals surface area contributed by atoms with Crippen LogP contribution in [0.15, 0.2) is 53.4 Å². The summed E-state index contributed by atoms with van der Waals surface area (Å²) in [5, 5.41) is 2.67. The van der Waals surface area contributed by atoms with Crippen molar-refractivity contribution in [3.8, 4) is 0 Å². The summed E-state index contributed by atoms with van der Waals surface area (Å²) in [5.41, 5.74) is 1.02. The van der Waals surface area contributed by atoms with Crippen molar-refractivity contribution in [3.63, 3.8) is 0 Å². The molecule has 2 N–H and O–H groups in total. The minimum atomic E-state index is -3.68. The van der Waals surface area contributed by atoms with E-state index < -0.39 is 21.9 Å². The molecule has 1 aliphatic heterocycles. The van der Waals surface area contributed by atoms with Gasteiger partial charge in [0.05, 0.1) is 23.7 Å². The van der Waals surface area contributed by atoms with Gasteiger partial charge < -0.3 is 14.8 Å². The number of hydrogen-bond acceptors (Lipinski definition) is 6. The standard InChI is InChI=1S/C20H22N2O6S/c1-27-20(24)15-4-2-5-16(12-15)22-19(23)14-7-9-18(10-8-14)29(25,26)21-13-17-6-3-11-28-17/h2,4-5,7-10,12,17,21H,3,6,11,13H2,1H3,(H,22,23)/t17-/m0/s1. The van der Waals surface area contributed by atoms with Crippen LogP contribution in [0.2, 0.25) is 0 Å². The number of rotatable bonds is 7. The maximum absolute atomic E-state index is 12.4. The number of ether oxygens (including phenoxy) is 2. The third kappa shape index (κ3) is 5.41. The third-order valence-corrected chi connectivity index (χ3v) is 5.93. The van der Waals surface area contributed by atoms with E-state index in [-0.39, 0.29) is 23.1 Å². The van der Waals surface area contributed by atoms with E-state index in [1.165, 1.54) is 37.4 Å². The van der Waals surface area contributed by atoms with E-state index in [0.717, 1.165) is 12.8 Å². The summed E-state index contributed by atoms with van der Waals surface area (Å²) in [7, 11) is -2.40. The molecule has 0 bridgehead atoms. The largest absolute Gasteiger partial charge is 0.465 e. The van der Waals surface area contributed by atoms with Crippen molar-refractivity contribution in [1.29, 1.82) is 0 Å². The molecule has 0 spiro atoms. The van der Waals surface area contributed by atoms with Gasteiger partial charge in [-0.15, -0.1) is 0 Å². The van der Waals surface area contributed by atoms with E-state index in [4.69, 9.17) is 4.74 Å². The number of anilines is 1. The number of carbonyl (C=O) groups is 2. The average Bonchev–Trinajstić information content (AvgIpc) is 3.26. The number of nitrogens with one attached hydrogen (secondary N) is 2. The highest BCUT2D eigenvalue weighted by Gasteiger charge is 2.20. The van der Waals surface area contributed by atoms with Crippen molar-refractivity contribution >= 4 is 27.6 Å². The fourth-order valence-corrected chi connectivity index (χ4v) is 3.99. The second-order valence-electron chi connectivity index (χ2n) is 6.54. The lowest BCUT2D eigenvalue weighted by molar-refractivity contribution is 0.0600. The first-order chi connectivity index (χ1) is 13.9. The molecule has 0 radical (unpaired) electrons. The Bertz CT molecular complexity index is 982. The Kier molecular flexibility index (Phi) is 6.63. The molecule has 154 valence electrons. The topological polar surface area (TPSA) is 111 Å². The summed E-state index contributed by atoms with van der Waals surface area (Å²) in [6, 6.07) is 11.9. The van der Waals surface area contributed by atoms with Crippen LogP contribution in [0.5, 0.6) is 0 Å². The summed E-state index contributed by atoms with van der Waals surface area (Å²) in [4.78, 5) is 24.1. The van der Waals surface area contributed by atoms with Crippen LogP contribution in [0, 0.1) is 0 Å². The maximum atomic E-state index is 12.4. The second kappa shape index (κ2) is 9.17. The van der Waals surface area contributed by atoms with Gasteiger partial charge >= 0.3 is 5.97 Å². The van der Waals surface area contributed by atoms with Crippen molar-refractivity contribution in [1.82, 2.24) is 4.72 Å². The summed E-state index contributed by atoms with van der Waals surface area (Å²) in [5.74, 6) is -0.936. The first-order valence-electron chi connectivity index (χ1n) is 9.10. The Labute approximate surface area is 169 Å². The van der Waals surface area contributed by atoms with Gasteiger partial charge in [0.2, 0.25) is 10.0 Å². The molecule has 2 aromatic rings. The predicted molar refractivity (Wildman–Crippen MR) is 106 cm³/mol. The van der Waals surface area contributed by atoms with Crippen molar-refractivity contribution in [2.75, 3.05) is 25.6 Å². The summed E-state index contributed by atoms with van der Waals surface area (Å²) >= 11 is 0. The fraction of sp³-hybridized carbons (Fsp3) is 0.300. The van der Waals surface area contributed by atoms with E-state index in [1.54, 1.807) is 18.2 Å². The summed E-state index contributed by atoms with van der Waals surface area (Å²) in [6.07, 6.45) is 1.66. The normalized spacial score (nSPS) is 16.4. The Morgan fingerprint density at radius 3 is 2.55 bits per heavy atom. The highest BCUT2D eigenvalue weighted by molar-refractivity contribution is 7.89. The van der Waals surface area contributed by atoms with Crippen molar-refractivity contribution in [3.05, 3.63) is 59.7 Å². The molecule has 8 nitrogen and oxygen atoms in total. The van der Waals surface area contributed by atoms with Gasteiger partial charge in [0.25, 0.3) is 5.91 Å². The van der Waals surface area contributed by atoms with E-state index in [9.17, 15) is 18.0 Å². The van der Waals surface area contributed by atoms with Gasteiger partial charge in [-0.2, -0.15) is 0 Å². The number of benzene rings is 2. The van der Waals surface area contributed by atoms with Gasteiger partial charge in [0.1, 0.15) is 0 Å². The third-order valence-electron chi connectivity index (χ3n) is 4.49. The van der Waals surface area contributed by atoms with Crippen LogP contribution in [0.4, 0.5) is 5.69 Å². The first-order valence-corrected chi connectivity index (χ1v) is 10.6. The highest BCUT2D eigenvalue weighted by Crippen LogP contribution is 2.16. The van der Waals surface area contributed by atoms with Gasteiger partial charge in [-0.1, -0.05) is 6.07 Å². The minimum Gasteiger partial charge on any atom is -0.465 e. The monoisotopic (exact) mass is 418 g/mol. The number of esters is 1. The van der Waals surface area contributed by atoms with Crippen LogP contribution in [0.1, 0.15) is 33.6 Å². The van der Waals surface area contributed by atoms with Crippen molar-refractivity contribution in [2.24, 2.45) is 0 Å². The number of amides is 1. The van der Waals surface area contributed by atoms with Crippen LogP contribution in [-0.4, -0.2) is 46.7 Å². The lowest BCUT2D eigenvalue weighted by Gasteiger charge is -2.12. The van der Waals surface area contributed by atoms with E-state index in [1.807, 2.05) is 0 Å². The molecule has 1 fully saturated rings. The van der Waals surface area contributed by atoms with Crippen molar-refractivity contribution in [2.45, 2.75) is 23.8 Å². The van der Waals surface area contributed by atoms with Crippen LogP contribution < -0.4 is 10.0 Å². The molecule has 1 atom stereocenters. The van der Waals surface area contributed by atoms with Gasteiger partial charge in [0.15, 0.2) is 0 Å². The maximum Gasteiger partial charge on any atom is 0.337 e. The predicted octanol–water partition coefficient (Wildman–Crippen LogP) is 2.18. The second-order valence-corrected chi connectivity index (χ2v) is 8.30. The number of sulfonamides is 1. The Morgan fingerprint density at radius 2 is 1.90 bits per heavy atom. The molecule has 9 heteroatoms. The average molecular weight is 418 g/mol. The molecule has 3 rings (SSSR count). The molecule has 0 saturated carbocycles. The van der Waals surface area contributed by atoms with Crippen LogP contribution in [0.3, 0.4) is 0 Å². The zero-order valence-electron chi connectivity index (χ0n) is 15.9. The molecular weight excluding hydrogens is 396 g/mol. The van der Waals surface area contributed by atoms with Gasteiger partial charge in [-0.25, -0.2) is 17.9 Å². The number of hydrogen-bond donors (Lipinski definition) is 2. The molecule has 0 aromatic heterocycles. The lowest BCUT2D eigenvalue weighted by atomic mass is 10.1. The minimum absolute atomic E-state index is 0.0692. The molecule has 1 heterocycles. The molecule has 1 saturated heterocycles. The fourth-order valence-electron chi connectivity index (χ4n) is 2.92. The quantitative estimate of drug-likeness (QED) is 0.667. The van der Waals surface area contributed by atoms with Crippen LogP contribution >= 0.6 is 0 Å². The first kappa shape index (κ1) is 21.0. The Balaban J connectivity index is 1.64. The smallest absolute Gasteiger partial charge is 0.337 e. The molecule has 29 heavy (non-hydrogen) atoms. The Morgan fingerprint density at radius 1 is 1.14 bits per heavy atom. The Hall–Kier alpha value is -2.75. The molecule has 0 unspecified atom stereocenters. The molecular formula is C20H22N2O6S. The molecule has 2 aromatic carbocycles. The van der Waals surface area contributed by atoms with Gasteiger partial charge in [-0.05, 0) is 55.3 Å². The van der Waals surface area contributed by atoms with Crippen LogP contribution in [-0.2, 0) is 19.5 Å². The van der Waals surface area contributed by atoms with Crippen LogP contribution in [0.25, 0.3) is 0 Å². The number of methoxy groups -OCH3 is 1. The molecule has 1 amide bonds. The molecule has 0 aliphatic carbocycles. The zero-order chi connectivity index (χ0) is 20.9. The summed E-state index contributed by atoms with van der Waals surface area (Å²) < 4.78 is 37.4. The van der Waals surface area contributed by atoms with Gasteiger partial charge in [0, 0.05) is 24.4 Å².